The zero-order chi connectivity index (χ0) is 21.8. The van der Waals surface area contributed by atoms with Gasteiger partial charge in [0.1, 0.15) is 11.6 Å². The van der Waals surface area contributed by atoms with Gasteiger partial charge in [0.15, 0.2) is 0 Å². The molecule has 2 heterocycles. The Labute approximate surface area is 178 Å². The molecule has 1 aliphatic rings. The normalized spacial score (nSPS) is 14.7. The van der Waals surface area contributed by atoms with E-state index < -0.39 is 4.92 Å². The van der Waals surface area contributed by atoms with Crippen molar-refractivity contribution in [3.05, 3.63) is 60.2 Å². The van der Waals surface area contributed by atoms with E-state index in [9.17, 15) is 19.7 Å². The van der Waals surface area contributed by atoms with E-state index in [2.05, 4.69) is 4.90 Å². The third kappa shape index (κ3) is 4.82. The highest BCUT2D eigenvalue weighted by atomic mass is 35.5. The number of piperazine rings is 1. The summed E-state index contributed by atoms with van der Waals surface area (Å²) in [6.45, 7) is 4.32. The maximum absolute atomic E-state index is 12.1. The number of nitro groups is 1. The molecule has 0 saturated carbocycles. The Bertz CT molecular complexity index is 1040. The fraction of sp³-hybridized carbons (Fsp3) is 0.474. The first-order chi connectivity index (χ1) is 14.3. The Kier molecular flexibility index (Phi) is 6.78. The largest absolute Gasteiger partial charge is 0.492 e. The van der Waals surface area contributed by atoms with Crippen molar-refractivity contribution in [1.82, 2.24) is 14.0 Å². The Morgan fingerprint density at radius 2 is 1.80 bits per heavy atom. The van der Waals surface area contributed by atoms with Gasteiger partial charge in [0, 0.05) is 65.0 Å². The zero-order valence-corrected chi connectivity index (χ0v) is 17.7. The van der Waals surface area contributed by atoms with E-state index in [-0.39, 0.29) is 22.0 Å². The second-order valence-electron chi connectivity index (χ2n) is 7.14. The van der Waals surface area contributed by atoms with Crippen LogP contribution in [-0.2, 0) is 14.1 Å². The molecule has 3 rings (SSSR count). The maximum atomic E-state index is 12.1. The maximum Gasteiger partial charge on any atom is 0.332 e. The minimum absolute atomic E-state index is 0.0704. The van der Waals surface area contributed by atoms with Crippen molar-refractivity contribution in [1.29, 1.82) is 0 Å². The summed E-state index contributed by atoms with van der Waals surface area (Å²) in [5.74, 6) is 1.07. The number of benzene rings is 1. The van der Waals surface area contributed by atoms with Gasteiger partial charge < -0.3 is 9.64 Å². The van der Waals surface area contributed by atoms with Crippen LogP contribution in [0.2, 0.25) is 5.02 Å². The second kappa shape index (κ2) is 9.31. The lowest BCUT2D eigenvalue weighted by atomic mass is 10.3. The topological polar surface area (TPSA) is 103 Å². The van der Waals surface area contributed by atoms with Gasteiger partial charge in [-0.05, 0) is 12.5 Å². The van der Waals surface area contributed by atoms with Crippen molar-refractivity contribution < 1.29 is 9.66 Å². The molecule has 0 unspecified atom stereocenters. The molecule has 0 spiro atoms. The number of rotatable bonds is 7. The van der Waals surface area contributed by atoms with Gasteiger partial charge in [-0.1, -0.05) is 11.6 Å². The van der Waals surface area contributed by atoms with Crippen LogP contribution in [-0.4, -0.2) is 58.3 Å². The quantitative estimate of drug-likeness (QED) is 0.364. The van der Waals surface area contributed by atoms with Crippen molar-refractivity contribution >= 4 is 23.1 Å². The monoisotopic (exact) mass is 437 g/mol. The fourth-order valence-electron chi connectivity index (χ4n) is 3.42. The number of halogens is 1. The Morgan fingerprint density at radius 3 is 2.43 bits per heavy atom. The summed E-state index contributed by atoms with van der Waals surface area (Å²) >= 11 is 6.03. The third-order valence-electron chi connectivity index (χ3n) is 5.20. The van der Waals surface area contributed by atoms with E-state index in [1.807, 2.05) is 4.90 Å². The SMILES string of the molecule is Cn1c(N2CCN(CCCOc3ccc([N+](=O)[O-])cc3Cl)CC2)cc(=O)n(C)c1=O. The number of ether oxygens (including phenoxy) is 1. The zero-order valence-electron chi connectivity index (χ0n) is 16.9. The van der Waals surface area contributed by atoms with E-state index in [1.165, 1.54) is 35.9 Å². The molecular weight excluding hydrogens is 414 g/mol. The molecule has 2 aromatic rings. The lowest BCUT2D eigenvalue weighted by Crippen LogP contribution is -2.49. The number of nitrogens with zero attached hydrogens (tertiary/aromatic N) is 5. The number of anilines is 1. The molecule has 1 aromatic carbocycles. The number of hydrogen-bond donors (Lipinski definition) is 0. The first kappa shape index (κ1) is 21.8. The minimum atomic E-state index is -0.500. The van der Waals surface area contributed by atoms with E-state index >= 15 is 0 Å². The Morgan fingerprint density at radius 1 is 1.10 bits per heavy atom. The third-order valence-corrected chi connectivity index (χ3v) is 5.49. The summed E-state index contributed by atoms with van der Waals surface area (Å²) in [6.07, 6.45) is 0.775. The first-order valence-electron chi connectivity index (χ1n) is 9.59. The standard InChI is InChI=1S/C19H24ClN5O5/c1-21-17(13-18(26)22(2)19(21)27)24-9-7-23(8-10-24)6-3-11-30-16-5-4-14(25(28)29)12-15(16)20/h4-5,12-13H,3,6-11H2,1-2H3. The lowest BCUT2D eigenvalue weighted by Gasteiger charge is -2.36. The number of non-ortho nitro benzene ring substituents is 1. The van der Waals surface area contributed by atoms with Crippen molar-refractivity contribution in [2.24, 2.45) is 14.1 Å². The van der Waals surface area contributed by atoms with E-state index in [1.54, 1.807) is 7.05 Å². The van der Waals surface area contributed by atoms with Crippen LogP contribution in [0, 0.1) is 10.1 Å². The molecule has 10 nitrogen and oxygen atoms in total. The molecule has 1 fully saturated rings. The molecular formula is C19H24ClN5O5. The van der Waals surface area contributed by atoms with Gasteiger partial charge >= 0.3 is 5.69 Å². The first-order valence-corrected chi connectivity index (χ1v) is 9.97. The van der Waals surface area contributed by atoms with Gasteiger partial charge in [0.2, 0.25) is 0 Å². The molecule has 0 amide bonds. The summed E-state index contributed by atoms with van der Waals surface area (Å²) in [7, 11) is 3.14. The van der Waals surface area contributed by atoms with Crippen molar-refractivity contribution in [3.8, 4) is 5.75 Å². The molecule has 1 saturated heterocycles. The average molecular weight is 438 g/mol. The van der Waals surface area contributed by atoms with Crippen LogP contribution in [0.3, 0.4) is 0 Å². The molecule has 0 bridgehead atoms. The highest BCUT2D eigenvalue weighted by Crippen LogP contribution is 2.28. The predicted octanol–water partition coefficient (Wildman–Crippen LogP) is 1.24. The molecule has 0 N–H and O–H groups in total. The van der Waals surface area contributed by atoms with E-state index in [0.717, 1.165) is 43.7 Å². The van der Waals surface area contributed by atoms with Crippen LogP contribution in [0.5, 0.6) is 5.75 Å². The second-order valence-corrected chi connectivity index (χ2v) is 7.55. The molecule has 162 valence electrons. The van der Waals surface area contributed by atoms with Crippen LogP contribution in [0.1, 0.15) is 6.42 Å². The van der Waals surface area contributed by atoms with Crippen LogP contribution in [0.25, 0.3) is 0 Å². The van der Waals surface area contributed by atoms with Crippen LogP contribution in [0.4, 0.5) is 11.5 Å². The van der Waals surface area contributed by atoms with Gasteiger partial charge in [-0.25, -0.2) is 4.79 Å². The van der Waals surface area contributed by atoms with Gasteiger partial charge in [-0.3, -0.25) is 28.9 Å². The Balaban J connectivity index is 1.46. The Hall–Kier alpha value is -2.85. The summed E-state index contributed by atoms with van der Waals surface area (Å²) < 4.78 is 8.23. The van der Waals surface area contributed by atoms with Gasteiger partial charge in [-0.2, -0.15) is 0 Å². The average Bonchev–Trinajstić information content (AvgIpc) is 2.73. The smallest absolute Gasteiger partial charge is 0.332 e. The van der Waals surface area contributed by atoms with Gasteiger partial charge in [-0.15, -0.1) is 0 Å². The number of aromatic nitrogens is 2. The van der Waals surface area contributed by atoms with Gasteiger partial charge in [0.05, 0.1) is 16.6 Å². The molecule has 11 heteroatoms. The molecule has 0 aliphatic carbocycles. The summed E-state index contributed by atoms with van der Waals surface area (Å²) in [5.41, 5.74) is -0.710. The highest BCUT2D eigenvalue weighted by Gasteiger charge is 2.20. The summed E-state index contributed by atoms with van der Waals surface area (Å²) in [5, 5.41) is 11.0. The van der Waals surface area contributed by atoms with E-state index in [4.69, 9.17) is 16.3 Å². The molecule has 1 aromatic heterocycles. The predicted molar refractivity (Wildman–Crippen MR) is 114 cm³/mol. The molecule has 1 aliphatic heterocycles. The van der Waals surface area contributed by atoms with Gasteiger partial charge in [0.25, 0.3) is 11.2 Å². The summed E-state index contributed by atoms with van der Waals surface area (Å²) in [4.78, 5) is 38.6. The van der Waals surface area contributed by atoms with Crippen molar-refractivity contribution in [3.63, 3.8) is 0 Å². The molecule has 0 atom stereocenters. The van der Waals surface area contributed by atoms with Crippen molar-refractivity contribution in [2.45, 2.75) is 6.42 Å². The lowest BCUT2D eigenvalue weighted by molar-refractivity contribution is -0.384. The molecule has 30 heavy (non-hydrogen) atoms. The fourth-order valence-corrected chi connectivity index (χ4v) is 3.65. The number of hydrogen-bond acceptors (Lipinski definition) is 7. The van der Waals surface area contributed by atoms with Crippen LogP contribution < -0.4 is 20.9 Å². The van der Waals surface area contributed by atoms with Crippen LogP contribution in [0.15, 0.2) is 33.9 Å². The highest BCUT2D eigenvalue weighted by molar-refractivity contribution is 6.32. The summed E-state index contributed by atoms with van der Waals surface area (Å²) in [6, 6.07) is 5.65. The van der Waals surface area contributed by atoms with Crippen molar-refractivity contribution in [2.75, 3.05) is 44.2 Å². The minimum Gasteiger partial charge on any atom is -0.492 e. The van der Waals surface area contributed by atoms with Crippen LogP contribution >= 0.6 is 11.6 Å². The van der Waals surface area contributed by atoms with E-state index in [0.29, 0.717) is 18.2 Å². The number of nitro benzene ring substituents is 1. The molecule has 0 radical (unpaired) electrons.